The van der Waals surface area contributed by atoms with Gasteiger partial charge in [0, 0.05) is 11.5 Å². The molecule has 1 fully saturated rings. The van der Waals surface area contributed by atoms with Crippen LogP contribution in [-0.4, -0.2) is 31.9 Å². The van der Waals surface area contributed by atoms with Crippen molar-refractivity contribution in [1.29, 1.82) is 0 Å². The maximum absolute atomic E-state index is 12.6. The second-order valence-corrected chi connectivity index (χ2v) is 6.86. The van der Waals surface area contributed by atoms with Crippen molar-refractivity contribution in [3.05, 3.63) is 41.3 Å². The van der Waals surface area contributed by atoms with Gasteiger partial charge in [-0.25, -0.2) is 5.43 Å². The fraction of sp³-hybridized carbons (Fsp3) is 0.455. The van der Waals surface area contributed by atoms with Gasteiger partial charge in [0.15, 0.2) is 11.5 Å². The molecule has 1 aliphatic carbocycles. The number of carbonyl (C=O) groups excluding carboxylic acids is 1. The van der Waals surface area contributed by atoms with Crippen LogP contribution in [0.2, 0.25) is 0 Å². The highest BCUT2D eigenvalue weighted by molar-refractivity contribution is 5.96. The Morgan fingerprint density at radius 3 is 2.31 bits per heavy atom. The monoisotopic (exact) mass is 400 g/mol. The zero-order chi connectivity index (χ0) is 20.8. The van der Waals surface area contributed by atoms with Gasteiger partial charge in [-0.05, 0) is 57.4 Å². The Bertz CT molecular complexity index is 847. The largest absolute Gasteiger partial charge is 0.490 e. The average molecular weight is 400 g/mol. The molecule has 0 bridgehead atoms. The zero-order valence-electron chi connectivity index (χ0n) is 17.4. The van der Waals surface area contributed by atoms with E-state index < -0.39 is 0 Å². The van der Waals surface area contributed by atoms with Gasteiger partial charge in [0.2, 0.25) is 5.75 Å². The lowest BCUT2D eigenvalue weighted by Crippen LogP contribution is -2.18. The maximum atomic E-state index is 12.6. The van der Waals surface area contributed by atoms with Crippen LogP contribution in [0.25, 0.3) is 0 Å². The summed E-state index contributed by atoms with van der Waals surface area (Å²) in [4.78, 5) is 12.6. The first-order valence-electron chi connectivity index (χ1n) is 10.1. The minimum absolute atomic E-state index is 0.365. The lowest BCUT2D eigenvalue weighted by Gasteiger charge is -2.16. The van der Waals surface area contributed by atoms with E-state index >= 15 is 0 Å². The molecule has 7 nitrogen and oxygen atoms in total. The third-order valence-corrected chi connectivity index (χ3v) is 4.65. The number of nitrogens with one attached hydrogen (secondary N) is 1. The fourth-order valence-electron chi connectivity index (χ4n) is 3.09. The van der Waals surface area contributed by atoms with Crippen LogP contribution in [0.5, 0.6) is 17.2 Å². The normalized spacial score (nSPS) is 17.9. The van der Waals surface area contributed by atoms with Crippen molar-refractivity contribution in [2.45, 2.75) is 40.0 Å². The summed E-state index contributed by atoms with van der Waals surface area (Å²) in [6.07, 6.45) is 2.65. The molecule has 2 aromatic rings. The molecule has 1 heterocycles. The molecule has 156 valence electrons. The number of ether oxygens (including phenoxy) is 3. The van der Waals surface area contributed by atoms with Crippen LogP contribution < -0.4 is 19.6 Å². The van der Waals surface area contributed by atoms with Crippen LogP contribution in [0.1, 0.15) is 61.9 Å². The molecule has 0 saturated heterocycles. The first kappa shape index (κ1) is 20.8. The number of hydrazone groups is 1. The lowest BCUT2D eigenvalue weighted by molar-refractivity contribution is 0.0954. The van der Waals surface area contributed by atoms with Gasteiger partial charge >= 0.3 is 0 Å². The molecule has 1 N–H and O–H groups in total. The van der Waals surface area contributed by atoms with Crippen LogP contribution in [0, 0.1) is 5.92 Å². The van der Waals surface area contributed by atoms with Crippen molar-refractivity contribution in [2.24, 2.45) is 11.0 Å². The van der Waals surface area contributed by atoms with E-state index in [-0.39, 0.29) is 5.91 Å². The number of furan rings is 1. The summed E-state index contributed by atoms with van der Waals surface area (Å²) in [6.45, 7) is 9.15. The van der Waals surface area contributed by atoms with Crippen molar-refractivity contribution in [3.63, 3.8) is 0 Å². The molecule has 0 spiro atoms. The van der Waals surface area contributed by atoms with Gasteiger partial charge in [-0.2, -0.15) is 5.10 Å². The minimum Gasteiger partial charge on any atom is -0.490 e. The molecule has 1 aromatic carbocycles. The summed E-state index contributed by atoms with van der Waals surface area (Å²) in [7, 11) is 0. The molecular weight excluding hydrogens is 372 g/mol. The maximum Gasteiger partial charge on any atom is 0.271 e. The highest BCUT2D eigenvalue weighted by atomic mass is 16.5. The first-order chi connectivity index (χ1) is 14.1. The Morgan fingerprint density at radius 2 is 1.76 bits per heavy atom. The van der Waals surface area contributed by atoms with Crippen molar-refractivity contribution in [2.75, 3.05) is 19.8 Å². The van der Waals surface area contributed by atoms with Crippen molar-refractivity contribution in [3.8, 4) is 17.2 Å². The molecule has 1 amide bonds. The highest BCUT2D eigenvalue weighted by Gasteiger charge is 2.36. The fourth-order valence-corrected chi connectivity index (χ4v) is 3.09. The molecular formula is C22H28N2O5. The second kappa shape index (κ2) is 9.49. The van der Waals surface area contributed by atoms with E-state index in [9.17, 15) is 4.79 Å². The number of hydrogen-bond acceptors (Lipinski definition) is 6. The Labute approximate surface area is 171 Å². The third-order valence-electron chi connectivity index (χ3n) is 4.65. The van der Waals surface area contributed by atoms with E-state index in [1.807, 2.05) is 32.9 Å². The van der Waals surface area contributed by atoms with Crippen LogP contribution >= 0.6 is 0 Å². The number of carbonyl (C=O) groups is 1. The van der Waals surface area contributed by atoms with Crippen molar-refractivity contribution >= 4 is 12.1 Å². The summed E-state index contributed by atoms with van der Waals surface area (Å²) >= 11 is 0. The topological polar surface area (TPSA) is 82.3 Å². The minimum atomic E-state index is -0.381. The van der Waals surface area contributed by atoms with Gasteiger partial charge in [-0.15, -0.1) is 0 Å². The number of benzene rings is 1. The quantitative estimate of drug-likeness (QED) is 0.473. The molecule has 3 rings (SSSR count). The van der Waals surface area contributed by atoms with Gasteiger partial charge in [0.1, 0.15) is 11.5 Å². The number of amides is 1. The van der Waals surface area contributed by atoms with Crippen LogP contribution in [0.4, 0.5) is 0 Å². The van der Waals surface area contributed by atoms with Crippen LogP contribution in [0.3, 0.4) is 0 Å². The third kappa shape index (κ3) is 5.10. The predicted molar refractivity (Wildman–Crippen MR) is 110 cm³/mol. The Balaban J connectivity index is 1.72. The Morgan fingerprint density at radius 1 is 1.14 bits per heavy atom. The molecule has 29 heavy (non-hydrogen) atoms. The number of hydrogen-bond donors (Lipinski definition) is 1. The predicted octanol–water partition coefficient (Wildman–Crippen LogP) is 4.36. The van der Waals surface area contributed by atoms with E-state index in [2.05, 4.69) is 17.5 Å². The smallest absolute Gasteiger partial charge is 0.271 e. The number of nitrogens with zero attached hydrogens (tertiary/aromatic N) is 1. The van der Waals surface area contributed by atoms with E-state index in [1.165, 1.54) is 6.21 Å². The molecule has 2 atom stereocenters. The first-order valence-corrected chi connectivity index (χ1v) is 10.1. The van der Waals surface area contributed by atoms with Crippen LogP contribution in [-0.2, 0) is 0 Å². The van der Waals surface area contributed by atoms with Crippen molar-refractivity contribution < 1.29 is 23.4 Å². The van der Waals surface area contributed by atoms with Crippen molar-refractivity contribution in [1.82, 2.24) is 5.43 Å². The van der Waals surface area contributed by atoms with E-state index in [0.29, 0.717) is 60.2 Å². The van der Waals surface area contributed by atoms with Crippen LogP contribution in [0.15, 0.2) is 33.8 Å². The molecule has 1 aromatic heterocycles. The molecule has 0 unspecified atom stereocenters. The molecule has 0 radical (unpaired) electrons. The van der Waals surface area contributed by atoms with Gasteiger partial charge in [0.05, 0.1) is 26.0 Å². The SMILES string of the molecule is CCOc1cc(C(=O)N/N=C\c2ccc([C@@H]3C[C@H]3C)o2)cc(OCC)c1OCC. The lowest BCUT2D eigenvalue weighted by atomic mass is 10.1. The van der Waals surface area contributed by atoms with Gasteiger partial charge < -0.3 is 18.6 Å². The summed E-state index contributed by atoms with van der Waals surface area (Å²) in [5.41, 5.74) is 2.88. The Hall–Kier alpha value is -2.96. The summed E-state index contributed by atoms with van der Waals surface area (Å²) < 4.78 is 22.7. The molecule has 7 heteroatoms. The summed E-state index contributed by atoms with van der Waals surface area (Å²) in [6, 6.07) is 7.07. The molecule has 0 aliphatic heterocycles. The van der Waals surface area contributed by atoms with Gasteiger partial charge in [0.25, 0.3) is 5.91 Å². The summed E-state index contributed by atoms with van der Waals surface area (Å²) in [5.74, 6) is 3.79. The number of rotatable bonds is 10. The molecule has 1 aliphatic rings. The van der Waals surface area contributed by atoms with E-state index in [4.69, 9.17) is 18.6 Å². The summed E-state index contributed by atoms with van der Waals surface area (Å²) in [5, 5.41) is 4.01. The van der Waals surface area contributed by atoms with Gasteiger partial charge in [-0.3, -0.25) is 4.79 Å². The highest BCUT2D eigenvalue weighted by Crippen LogP contribution is 2.47. The average Bonchev–Trinajstić information content (AvgIpc) is 3.24. The molecule has 1 saturated carbocycles. The zero-order valence-corrected chi connectivity index (χ0v) is 17.4. The standard InChI is InChI=1S/C22H28N2O5/c1-5-26-19-11-15(12-20(27-6-2)21(19)28-7-3)22(25)24-23-13-16-8-9-18(29-16)17-10-14(17)4/h8-9,11-14,17H,5-7,10H2,1-4H3,(H,24,25)/b23-13-/t14-,17-/m1/s1. The van der Waals surface area contributed by atoms with E-state index in [1.54, 1.807) is 12.1 Å². The Kier molecular flexibility index (Phi) is 6.80. The second-order valence-electron chi connectivity index (χ2n) is 6.86. The van der Waals surface area contributed by atoms with Gasteiger partial charge in [-0.1, -0.05) is 6.92 Å². The van der Waals surface area contributed by atoms with E-state index in [0.717, 1.165) is 12.2 Å².